The molecule has 0 aromatic carbocycles. The van der Waals surface area contributed by atoms with Crippen molar-refractivity contribution in [1.82, 2.24) is 19.6 Å². The Morgan fingerprint density at radius 2 is 0.939 bits per heavy atom. The van der Waals surface area contributed by atoms with Gasteiger partial charge in [-0.05, 0) is 172 Å². The number of nitrogens with zero attached hydrogens (tertiary/aromatic N) is 4. The molecule has 0 amide bonds. The van der Waals surface area contributed by atoms with Crippen LogP contribution in [-0.4, -0.2) is 102 Å². The monoisotopic (exact) mass is 691 g/mol. The molecule has 0 spiro atoms. The van der Waals surface area contributed by atoms with Gasteiger partial charge in [0.2, 0.25) is 0 Å². The molecule has 8 unspecified atom stereocenters. The zero-order valence-corrected chi connectivity index (χ0v) is 32.7. The Labute approximate surface area is 308 Å². The first-order valence-corrected chi connectivity index (χ1v) is 20.2. The number of fused-ring (bicyclic) bond motifs is 8. The molecule has 0 radical (unpaired) electrons. The maximum Gasteiger partial charge on any atom is 0.0789 e. The van der Waals surface area contributed by atoms with E-state index in [1.165, 1.54) is 89.9 Å². The number of hydrogen-bond donors (Lipinski definition) is 1. The molecule has 8 heterocycles. The highest BCUT2D eigenvalue weighted by molar-refractivity contribution is 5.10. The van der Waals surface area contributed by atoms with Gasteiger partial charge in [-0.15, -0.1) is 0 Å². The molecular formula is C44H90N4O. The summed E-state index contributed by atoms with van der Waals surface area (Å²) < 4.78 is 0. The minimum absolute atomic E-state index is 0. The third kappa shape index (κ3) is 9.68. The number of piperidine rings is 1. The molecule has 1 N–H and O–H groups in total. The van der Waals surface area contributed by atoms with E-state index >= 15 is 0 Å². The van der Waals surface area contributed by atoms with E-state index in [-0.39, 0.29) is 27.8 Å². The van der Waals surface area contributed by atoms with Gasteiger partial charge in [0.1, 0.15) is 0 Å². The SMILES string of the molecule is C.C.C.CC(C)N1C2CCC1CC2.CC(C)N1C2CCCC1CC2.CC1(O)CC2CCC1N2C(C)(C)C.CC1CC2CCC1N2C(C)(C)C. The fourth-order valence-corrected chi connectivity index (χ4v) is 12.5. The van der Waals surface area contributed by atoms with E-state index in [0.717, 1.165) is 60.7 Å². The molecule has 8 fully saturated rings. The highest BCUT2D eigenvalue weighted by Crippen LogP contribution is 2.48. The first-order chi connectivity index (χ1) is 21.4. The van der Waals surface area contributed by atoms with Gasteiger partial charge in [-0.25, -0.2) is 0 Å². The average Bonchev–Trinajstić information content (AvgIpc) is 3.79. The molecule has 49 heavy (non-hydrogen) atoms. The molecule has 8 aliphatic heterocycles. The van der Waals surface area contributed by atoms with Crippen LogP contribution in [0.2, 0.25) is 0 Å². The summed E-state index contributed by atoms with van der Waals surface area (Å²) in [5.41, 5.74) is 0.180. The maximum absolute atomic E-state index is 10.2. The predicted octanol–water partition coefficient (Wildman–Crippen LogP) is 10.8. The Bertz CT molecular complexity index is 944. The fourth-order valence-electron chi connectivity index (χ4n) is 12.5. The Morgan fingerprint density at radius 1 is 0.551 bits per heavy atom. The highest BCUT2D eigenvalue weighted by atomic mass is 16.3. The minimum atomic E-state index is -0.434. The molecule has 8 rings (SSSR count). The first kappa shape index (κ1) is 45.0. The molecule has 8 atom stereocenters. The van der Waals surface area contributed by atoms with Gasteiger partial charge in [0.15, 0.2) is 0 Å². The Kier molecular flexibility index (Phi) is 15.9. The van der Waals surface area contributed by atoms with E-state index in [9.17, 15) is 5.11 Å². The molecule has 0 aromatic heterocycles. The summed E-state index contributed by atoms with van der Waals surface area (Å²) in [5, 5.41) is 10.2. The van der Waals surface area contributed by atoms with Crippen molar-refractivity contribution in [1.29, 1.82) is 0 Å². The van der Waals surface area contributed by atoms with Crippen LogP contribution in [0.3, 0.4) is 0 Å². The first-order valence-electron chi connectivity index (χ1n) is 20.2. The summed E-state index contributed by atoms with van der Waals surface area (Å²) in [7, 11) is 0. The molecule has 0 aliphatic carbocycles. The van der Waals surface area contributed by atoms with Crippen molar-refractivity contribution in [3.8, 4) is 0 Å². The van der Waals surface area contributed by atoms with Gasteiger partial charge in [0.05, 0.1) is 5.60 Å². The van der Waals surface area contributed by atoms with E-state index in [1.807, 2.05) is 6.92 Å². The van der Waals surface area contributed by atoms with Crippen LogP contribution in [0.4, 0.5) is 0 Å². The van der Waals surface area contributed by atoms with Gasteiger partial charge in [0.25, 0.3) is 0 Å². The van der Waals surface area contributed by atoms with Crippen molar-refractivity contribution in [3.05, 3.63) is 0 Å². The average molecular weight is 691 g/mol. The molecular weight excluding hydrogens is 601 g/mol. The standard InChI is InChI=1S/C11H21NO.C11H21N.C10H19N.C9H17N.3CH4/c1-10(2,3)12-8-5-6-9(12)11(4,13)7-8;1-8-7-9-5-6-10(8)12(9)11(2,3)4;1-8(2)11-9-4-3-5-10(11)7-6-9;1-7(2)10-8-3-4-9(10)6-5-8;;;/h8-9,13H,5-7H2,1-4H3;8-10H,5-7H2,1-4H3;8-10H,3-7H2,1-2H3;7-9H,3-6H2,1-2H3;3*1H4. The lowest BCUT2D eigenvalue weighted by Gasteiger charge is -2.37. The van der Waals surface area contributed by atoms with Crippen molar-refractivity contribution in [2.45, 2.75) is 279 Å². The second kappa shape index (κ2) is 17.3. The van der Waals surface area contributed by atoms with Crippen LogP contribution < -0.4 is 0 Å². The van der Waals surface area contributed by atoms with Crippen LogP contribution in [0.1, 0.15) is 202 Å². The van der Waals surface area contributed by atoms with Crippen LogP contribution in [0, 0.1) is 5.92 Å². The van der Waals surface area contributed by atoms with Gasteiger partial charge in [-0.1, -0.05) is 35.6 Å². The largest absolute Gasteiger partial charge is 0.388 e. The van der Waals surface area contributed by atoms with Crippen LogP contribution in [0.5, 0.6) is 0 Å². The van der Waals surface area contributed by atoms with E-state index in [1.54, 1.807) is 0 Å². The smallest absolute Gasteiger partial charge is 0.0789 e. The number of hydrogen-bond acceptors (Lipinski definition) is 5. The number of aliphatic hydroxyl groups is 1. The third-order valence-corrected chi connectivity index (χ3v) is 13.7. The zero-order valence-electron chi connectivity index (χ0n) is 32.7. The highest BCUT2D eigenvalue weighted by Gasteiger charge is 2.55. The molecule has 5 heteroatoms. The van der Waals surface area contributed by atoms with Crippen molar-refractivity contribution < 1.29 is 5.11 Å². The maximum atomic E-state index is 10.2. The lowest BCUT2D eigenvalue weighted by Crippen LogP contribution is -2.48. The lowest BCUT2D eigenvalue weighted by atomic mass is 9.86. The second-order valence-electron chi connectivity index (χ2n) is 19.8. The molecule has 8 aliphatic rings. The normalized spacial score (nSPS) is 39.4. The van der Waals surface area contributed by atoms with E-state index in [4.69, 9.17) is 0 Å². The van der Waals surface area contributed by atoms with Gasteiger partial charge in [-0.2, -0.15) is 0 Å². The molecule has 5 nitrogen and oxygen atoms in total. The molecule has 8 bridgehead atoms. The molecule has 292 valence electrons. The predicted molar refractivity (Wildman–Crippen MR) is 217 cm³/mol. The molecule has 8 saturated heterocycles. The van der Waals surface area contributed by atoms with Crippen LogP contribution in [-0.2, 0) is 0 Å². The number of rotatable bonds is 2. The summed E-state index contributed by atoms with van der Waals surface area (Å²) in [6.45, 7) is 27.6. The van der Waals surface area contributed by atoms with E-state index in [0.29, 0.717) is 17.6 Å². The fraction of sp³-hybridized carbons (Fsp3) is 1.00. The van der Waals surface area contributed by atoms with Gasteiger partial charge in [0, 0.05) is 71.5 Å². The van der Waals surface area contributed by atoms with Crippen LogP contribution >= 0.6 is 0 Å². The lowest BCUT2D eigenvalue weighted by molar-refractivity contribution is 0.00218. The van der Waals surface area contributed by atoms with Gasteiger partial charge >= 0.3 is 0 Å². The Balaban J connectivity index is 0.000000223. The molecule has 0 saturated carbocycles. The summed E-state index contributed by atoms with van der Waals surface area (Å²) in [6.07, 6.45) is 21.0. The van der Waals surface area contributed by atoms with Crippen molar-refractivity contribution in [2.75, 3.05) is 0 Å². The summed E-state index contributed by atoms with van der Waals surface area (Å²) in [6, 6.07) is 8.24. The second-order valence-corrected chi connectivity index (χ2v) is 19.8. The van der Waals surface area contributed by atoms with Crippen molar-refractivity contribution in [3.63, 3.8) is 0 Å². The Hall–Kier alpha value is -0.200. The van der Waals surface area contributed by atoms with E-state index < -0.39 is 5.60 Å². The zero-order chi connectivity index (χ0) is 33.8. The third-order valence-electron chi connectivity index (χ3n) is 13.7. The summed E-state index contributed by atoms with van der Waals surface area (Å²) >= 11 is 0. The van der Waals surface area contributed by atoms with Crippen molar-refractivity contribution in [2.24, 2.45) is 5.92 Å². The summed E-state index contributed by atoms with van der Waals surface area (Å²) in [4.78, 5) is 10.8. The van der Waals surface area contributed by atoms with Gasteiger partial charge in [-0.3, -0.25) is 19.6 Å². The van der Waals surface area contributed by atoms with Crippen LogP contribution in [0.15, 0.2) is 0 Å². The van der Waals surface area contributed by atoms with Crippen molar-refractivity contribution >= 4 is 0 Å². The quantitative estimate of drug-likeness (QED) is 0.312. The van der Waals surface area contributed by atoms with E-state index in [2.05, 4.69) is 95.8 Å². The minimum Gasteiger partial charge on any atom is -0.388 e. The topological polar surface area (TPSA) is 33.2 Å². The molecule has 0 aromatic rings. The van der Waals surface area contributed by atoms with Gasteiger partial charge < -0.3 is 5.11 Å². The summed E-state index contributed by atoms with van der Waals surface area (Å²) in [5.74, 6) is 0.947. The van der Waals surface area contributed by atoms with Crippen LogP contribution in [0.25, 0.3) is 0 Å². The Morgan fingerprint density at radius 3 is 1.16 bits per heavy atom.